The van der Waals surface area contributed by atoms with Crippen LogP contribution in [0, 0.1) is 10.1 Å². The van der Waals surface area contributed by atoms with Gasteiger partial charge in [-0.2, -0.15) is 5.10 Å². The van der Waals surface area contributed by atoms with E-state index in [2.05, 4.69) is 10.5 Å². The molecule has 1 saturated heterocycles. The molecular weight excluding hydrogens is 288 g/mol. The van der Waals surface area contributed by atoms with Gasteiger partial charge in [-0.25, -0.2) is 5.43 Å². The fourth-order valence-corrected chi connectivity index (χ4v) is 2.00. The first kappa shape index (κ1) is 16.1. The summed E-state index contributed by atoms with van der Waals surface area (Å²) in [5, 5.41) is 14.1. The second-order valence-electron chi connectivity index (χ2n) is 4.36. The number of likely N-dealkylation sites (tertiary alicyclic amines) is 1. The van der Waals surface area contributed by atoms with Crippen molar-refractivity contribution in [3.8, 4) is 0 Å². The maximum absolute atomic E-state index is 11.5. The van der Waals surface area contributed by atoms with Crippen LogP contribution in [0.4, 0.5) is 5.88 Å². The van der Waals surface area contributed by atoms with Crippen molar-refractivity contribution in [2.75, 3.05) is 19.6 Å². The summed E-state index contributed by atoms with van der Waals surface area (Å²) in [6.07, 6.45) is 3.55. The number of carbonyl (C=O) groups is 1. The monoisotopic (exact) mass is 302 g/mol. The number of hydrogen-bond donors (Lipinski definition) is 2. The van der Waals surface area contributed by atoms with Crippen LogP contribution in [0.1, 0.15) is 18.6 Å². The summed E-state index contributed by atoms with van der Waals surface area (Å²) in [5.74, 6) is -0.302. The smallest absolute Gasteiger partial charge is 0.433 e. The first-order valence-corrected chi connectivity index (χ1v) is 6.05. The Morgan fingerprint density at radius 3 is 2.80 bits per heavy atom. The maximum atomic E-state index is 11.5. The summed E-state index contributed by atoms with van der Waals surface area (Å²) in [7, 11) is 0. The number of carbonyl (C=O) groups excluding carboxylic acids is 1. The Bertz CT molecular complexity index is 496. The highest BCUT2D eigenvalue weighted by Crippen LogP contribution is 2.13. The van der Waals surface area contributed by atoms with E-state index < -0.39 is 4.92 Å². The predicted molar refractivity (Wildman–Crippen MR) is 65.9 cm³/mol. The van der Waals surface area contributed by atoms with Gasteiger partial charge < -0.3 is 21.7 Å². The number of nitrogens with one attached hydrogen (secondary N) is 2. The van der Waals surface area contributed by atoms with Gasteiger partial charge in [-0.15, -0.1) is 0 Å². The van der Waals surface area contributed by atoms with E-state index in [4.69, 9.17) is 4.42 Å². The molecule has 1 aliphatic rings. The summed E-state index contributed by atoms with van der Waals surface area (Å²) in [4.78, 5) is 22.5. The Morgan fingerprint density at radius 2 is 2.20 bits per heavy atom. The maximum Gasteiger partial charge on any atom is 0.433 e. The largest absolute Gasteiger partial charge is 1.00 e. The predicted octanol–water partition coefficient (Wildman–Crippen LogP) is -3.68. The average Bonchev–Trinajstić information content (AvgIpc) is 3.00. The fraction of sp³-hybridized carbons (Fsp3) is 0.455. The summed E-state index contributed by atoms with van der Waals surface area (Å²) in [5.41, 5.74) is 2.38. The van der Waals surface area contributed by atoms with E-state index in [1.165, 1.54) is 23.2 Å². The van der Waals surface area contributed by atoms with Gasteiger partial charge in [-0.05, 0) is 6.07 Å². The van der Waals surface area contributed by atoms with Crippen LogP contribution in [-0.2, 0) is 4.79 Å². The normalized spacial score (nSPS) is 15.2. The van der Waals surface area contributed by atoms with E-state index >= 15 is 0 Å². The molecule has 1 fully saturated rings. The van der Waals surface area contributed by atoms with Crippen molar-refractivity contribution in [2.24, 2.45) is 5.10 Å². The zero-order chi connectivity index (χ0) is 13.7. The average molecular weight is 303 g/mol. The molecule has 8 nitrogen and oxygen atoms in total. The van der Waals surface area contributed by atoms with E-state index in [1.807, 2.05) is 0 Å². The zero-order valence-electron chi connectivity index (χ0n) is 10.7. The second-order valence-corrected chi connectivity index (χ2v) is 4.36. The van der Waals surface area contributed by atoms with Gasteiger partial charge in [0.2, 0.25) is 0 Å². The van der Waals surface area contributed by atoms with Crippen molar-refractivity contribution in [1.82, 2.24) is 5.43 Å². The van der Waals surface area contributed by atoms with E-state index in [9.17, 15) is 14.9 Å². The lowest BCUT2D eigenvalue weighted by molar-refractivity contribution is -0.879. The number of nitrogens with zero attached hydrogens (tertiary/aromatic N) is 2. The van der Waals surface area contributed by atoms with E-state index in [0.29, 0.717) is 6.54 Å². The molecule has 0 saturated carbocycles. The molecule has 2 heterocycles. The van der Waals surface area contributed by atoms with Gasteiger partial charge in [0.15, 0.2) is 12.3 Å². The Kier molecular flexibility index (Phi) is 6.13. The summed E-state index contributed by atoms with van der Waals surface area (Å²) in [6, 6.07) is 2.65. The second kappa shape index (κ2) is 7.61. The molecule has 0 atom stereocenters. The van der Waals surface area contributed by atoms with Crippen LogP contribution in [0.25, 0.3) is 0 Å². The highest BCUT2D eigenvalue weighted by Gasteiger charge is 2.18. The number of hydrazone groups is 1. The third-order valence-corrected chi connectivity index (χ3v) is 2.89. The molecule has 0 aliphatic carbocycles. The summed E-state index contributed by atoms with van der Waals surface area (Å²) in [6.45, 7) is 2.43. The van der Waals surface area contributed by atoms with Crippen LogP contribution in [-0.4, -0.2) is 36.7 Å². The lowest BCUT2D eigenvalue weighted by Crippen LogP contribution is -3.11. The van der Waals surface area contributed by atoms with Crippen molar-refractivity contribution in [3.63, 3.8) is 0 Å². The SMILES string of the molecule is O=C(C[NH+]1CCCC1)N/N=C/c1ccc([N+](=O)[O-])o1.[Cl-]. The Balaban J connectivity index is 0.00000200. The molecule has 1 aromatic rings. The Morgan fingerprint density at radius 1 is 1.50 bits per heavy atom. The number of furan rings is 1. The number of rotatable bonds is 5. The standard InChI is InChI=1S/C11H14N4O4.ClH/c16-10(8-14-5-1-2-6-14)13-12-7-9-3-4-11(19-9)15(17)18;/h3-4,7H,1-2,5-6,8H2,(H,13,16);1H/b12-7+;. The molecule has 1 amide bonds. The van der Waals surface area contributed by atoms with E-state index in [-0.39, 0.29) is 30.0 Å². The minimum Gasteiger partial charge on any atom is -1.00 e. The van der Waals surface area contributed by atoms with Crippen LogP contribution in [0.15, 0.2) is 21.7 Å². The zero-order valence-corrected chi connectivity index (χ0v) is 11.4. The van der Waals surface area contributed by atoms with Crippen LogP contribution in [0.3, 0.4) is 0 Å². The minimum absolute atomic E-state index is 0. The number of amides is 1. The number of nitro groups is 1. The molecule has 1 aromatic heterocycles. The minimum atomic E-state index is -0.632. The number of quaternary nitrogens is 1. The van der Waals surface area contributed by atoms with Gasteiger partial charge in [0.25, 0.3) is 5.91 Å². The van der Waals surface area contributed by atoms with Gasteiger partial charge >= 0.3 is 5.88 Å². The first-order valence-electron chi connectivity index (χ1n) is 6.05. The van der Waals surface area contributed by atoms with Crippen molar-refractivity contribution < 1.29 is 31.4 Å². The van der Waals surface area contributed by atoms with Gasteiger partial charge in [-0.1, -0.05) is 0 Å². The van der Waals surface area contributed by atoms with Gasteiger partial charge in [-0.3, -0.25) is 14.9 Å². The highest BCUT2D eigenvalue weighted by molar-refractivity contribution is 5.80. The van der Waals surface area contributed by atoms with Crippen molar-refractivity contribution in [3.05, 3.63) is 28.0 Å². The topological polar surface area (TPSA) is 102 Å². The number of hydrogen-bond acceptors (Lipinski definition) is 5. The van der Waals surface area contributed by atoms with Gasteiger partial charge in [0.05, 0.1) is 25.4 Å². The molecule has 20 heavy (non-hydrogen) atoms. The quantitative estimate of drug-likeness (QED) is 0.332. The van der Waals surface area contributed by atoms with Crippen LogP contribution in [0.5, 0.6) is 0 Å². The van der Waals surface area contributed by atoms with Crippen LogP contribution in [0.2, 0.25) is 0 Å². The van der Waals surface area contributed by atoms with E-state index in [1.54, 1.807) is 0 Å². The Hall–Kier alpha value is -1.93. The fourth-order valence-electron chi connectivity index (χ4n) is 2.00. The van der Waals surface area contributed by atoms with Gasteiger partial charge in [0.1, 0.15) is 4.92 Å². The Labute approximate surface area is 121 Å². The molecule has 110 valence electrons. The van der Waals surface area contributed by atoms with Crippen LogP contribution < -0.4 is 22.7 Å². The van der Waals surface area contributed by atoms with Crippen molar-refractivity contribution in [1.29, 1.82) is 0 Å². The van der Waals surface area contributed by atoms with Gasteiger partial charge in [0, 0.05) is 12.8 Å². The first-order chi connectivity index (χ1) is 9.15. The molecule has 1 aliphatic heterocycles. The van der Waals surface area contributed by atoms with Crippen LogP contribution >= 0.6 is 0 Å². The van der Waals surface area contributed by atoms with Crippen molar-refractivity contribution in [2.45, 2.75) is 12.8 Å². The molecule has 2 N–H and O–H groups in total. The third-order valence-electron chi connectivity index (χ3n) is 2.89. The molecule has 0 spiro atoms. The third kappa shape index (κ3) is 4.63. The molecule has 2 rings (SSSR count). The van der Waals surface area contributed by atoms with Crippen molar-refractivity contribution >= 4 is 18.0 Å². The molecule has 0 unspecified atom stereocenters. The molecule has 0 bridgehead atoms. The lowest BCUT2D eigenvalue weighted by Gasteiger charge is -2.09. The molecule has 0 radical (unpaired) electrons. The number of halogens is 1. The molecule has 0 aromatic carbocycles. The summed E-state index contributed by atoms with van der Waals surface area (Å²) >= 11 is 0. The van der Waals surface area contributed by atoms with E-state index in [0.717, 1.165) is 25.9 Å². The lowest BCUT2D eigenvalue weighted by atomic mass is 10.4. The molecule has 9 heteroatoms. The highest BCUT2D eigenvalue weighted by atomic mass is 35.5. The summed E-state index contributed by atoms with van der Waals surface area (Å²) < 4.78 is 4.86. The molecular formula is C11H15ClN4O4.